The van der Waals surface area contributed by atoms with E-state index in [-0.39, 0.29) is 9.80 Å². The maximum atomic E-state index is 13.2. The number of rotatable bonds is 8. The number of nitriles is 1. The number of hydrogen-bond acceptors (Lipinski definition) is 6. The lowest BCUT2D eigenvalue weighted by molar-refractivity contribution is 0.355. The third kappa shape index (κ3) is 5.28. The van der Waals surface area contributed by atoms with E-state index in [1.165, 1.54) is 25.3 Å². The summed E-state index contributed by atoms with van der Waals surface area (Å²) in [6.45, 7) is 0.415. The van der Waals surface area contributed by atoms with E-state index in [1.807, 2.05) is 18.2 Å². The zero-order valence-electron chi connectivity index (χ0n) is 19.6. The monoisotopic (exact) mass is 519 g/mol. The minimum Gasteiger partial charge on any atom is -0.493 e. The van der Waals surface area contributed by atoms with Crippen LogP contribution < -0.4 is 9.47 Å². The Kier molecular flexibility index (Phi) is 7.44. The summed E-state index contributed by atoms with van der Waals surface area (Å²) in [5.74, 6) is 1.04. The fraction of sp³-hybridized carbons (Fsp3) is 0.111. The Bertz CT molecular complexity index is 1560. The quantitative estimate of drug-likeness (QED) is 0.281. The molecule has 0 atom stereocenters. The number of nitrogens with zero attached hydrogens (tertiary/aromatic N) is 3. The van der Waals surface area contributed by atoms with Crippen LogP contribution in [0, 0.1) is 11.3 Å². The molecule has 7 nitrogen and oxygen atoms in total. The molecule has 0 N–H and O–H groups in total. The number of aromatic nitrogens is 2. The summed E-state index contributed by atoms with van der Waals surface area (Å²) in [7, 11) is -0.951. The van der Waals surface area contributed by atoms with Gasteiger partial charge in [-0.1, -0.05) is 41.9 Å². The highest BCUT2D eigenvalue weighted by Crippen LogP contribution is 2.34. The zero-order chi connectivity index (χ0) is 25.7. The van der Waals surface area contributed by atoms with Gasteiger partial charge in [0.2, 0.25) is 9.84 Å². The van der Waals surface area contributed by atoms with E-state index in [2.05, 4.69) is 0 Å². The van der Waals surface area contributed by atoms with E-state index in [1.54, 1.807) is 66.5 Å². The SMILES string of the molecule is COc1ccc(-c2nn(Cc3ccc(Cl)cc3)cc2/C=C(/C#N)S(=O)(=O)c2ccccc2)cc1OC. The molecule has 9 heteroatoms. The number of halogens is 1. The van der Waals surface area contributed by atoms with Gasteiger partial charge in [-0.3, -0.25) is 4.68 Å². The number of methoxy groups -OCH3 is 2. The lowest BCUT2D eigenvalue weighted by Gasteiger charge is -2.09. The van der Waals surface area contributed by atoms with Crippen molar-refractivity contribution in [1.29, 1.82) is 5.26 Å². The van der Waals surface area contributed by atoms with E-state index >= 15 is 0 Å². The van der Waals surface area contributed by atoms with Crippen LogP contribution in [0.3, 0.4) is 0 Å². The molecule has 0 saturated heterocycles. The molecular weight excluding hydrogens is 498 g/mol. The van der Waals surface area contributed by atoms with E-state index in [0.717, 1.165) is 5.56 Å². The molecule has 0 fully saturated rings. The van der Waals surface area contributed by atoms with Crippen molar-refractivity contribution in [3.63, 3.8) is 0 Å². The van der Waals surface area contributed by atoms with Crippen LogP contribution in [-0.4, -0.2) is 32.4 Å². The molecular formula is C27H22ClN3O4S. The Morgan fingerprint density at radius 2 is 1.72 bits per heavy atom. The van der Waals surface area contributed by atoms with Crippen LogP contribution in [0.5, 0.6) is 11.5 Å². The largest absolute Gasteiger partial charge is 0.493 e. The van der Waals surface area contributed by atoms with Crippen molar-refractivity contribution in [1.82, 2.24) is 9.78 Å². The second-order valence-electron chi connectivity index (χ2n) is 7.76. The Morgan fingerprint density at radius 1 is 1.03 bits per heavy atom. The van der Waals surface area contributed by atoms with Gasteiger partial charge in [-0.25, -0.2) is 8.42 Å². The summed E-state index contributed by atoms with van der Waals surface area (Å²) in [6, 6.07) is 22.3. The Morgan fingerprint density at radius 3 is 2.36 bits per heavy atom. The molecule has 1 aromatic heterocycles. The second kappa shape index (κ2) is 10.7. The highest BCUT2D eigenvalue weighted by atomic mass is 35.5. The van der Waals surface area contributed by atoms with Gasteiger partial charge < -0.3 is 9.47 Å². The molecule has 182 valence electrons. The molecule has 0 bridgehead atoms. The third-order valence-electron chi connectivity index (χ3n) is 5.44. The van der Waals surface area contributed by atoms with Crippen molar-refractivity contribution >= 4 is 27.5 Å². The topological polar surface area (TPSA) is 94.2 Å². The number of hydrogen-bond donors (Lipinski definition) is 0. The zero-order valence-corrected chi connectivity index (χ0v) is 21.1. The van der Waals surface area contributed by atoms with Crippen LogP contribution in [0.25, 0.3) is 17.3 Å². The summed E-state index contributed by atoms with van der Waals surface area (Å²) >= 11 is 6.00. The van der Waals surface area contributed by atoms with Crippen molar-refractivity contribution in [2.75, 3.05) is 14.2 Å². The molecule has 0 aliphatic rings. The van der Waals surface area contributed by atoms with E-state index in [9.17, 15) is 13.7 Å². The maximum Gasteiger partial charge on any atom is 0.216 e. The first-order valence-corrected chi connectivity index (χ1v) is 12.7. The Labute approximate surface area is 214 Å². The standard InChI is InChI=1S/C27H22ClN3O4S/c1-34-25-13-10-20(15-26(25)35-2)27-21(18-31(30-27)17-19-8-11-22(28)12-9-19)14-24(16-29)36(32,33)23-6-4-3-5-7-23/h3-15,18H,17H2,1-2H3/b24-14-. The molecule has 4 rings (SSSR count). The lowest BCUT2D eigenvalue weighted by Crippen LogP contribution is -2.03. The van der Waals surface area contributed by atoms with Gasteiger partial charge in [0.15, 0.2) is 11.5 Å². The average molecular weight is 520 g/mol. The molecule has 0 aliphatic carbocycles. The summed E-state index contributed by atoms with van der Waals surface area (Å²) < 4.78 is 38.8. The molecule has 36 heavy (non-hydrogen) atoms. The highest BCUT2D eigenvalue weighted by molar-refractivity contribution is 7.95. The molecule has 0 spiro atoms. The van der Waals surface area contributed by atoms with Crippen LogP contribution in [0.4, 0.5) is 0 Å². The lowest BCUT2D eigenvalue weighted by atomic mass is 10.1. The van der Waals surface area contributed by atoms with Crippen molar-refractivity contribution in [3.8, 4) is 28.8 Å². The molecule has 0 radical (unpaired) electrons. The first kappa shape index (κ1) is 25.0. The normalized spacial score (nSPS) is 11.7. The van der Waals surface area contributed by atoms with Crippen LogP contribution in [0.1, 0.15) is 11.1 Å². The summed E-state index contributed by atoms with van der Waals surface area (Å²) in [5, 5.41) is 15.1. The van der Waals surface area contributed by atoms with Crippen molar-refractivity contribution in [2.45, 2.75) is 11.4 Å². The van der Waals surface area contributed by atoms with Crippen molar-refractivity contribution < 1.29 is 17.9 Å². The summed E-state index contributed by atoms with van der Waals surface area (Å²) in [6.07, 6.45) is 3.05. The molecule has 0 amide bonds. The average Bonchev–Trinajstić information content (AvgIpc) is 3.30. The van der Waals surface area contributed by atoms with Crippen LogP contribution >= 0.6 is 11.6 Å². The van der Waals surface area contributed by atoms with Gasteiger partial charge in [-0.05, 0) is 54.1 Å². The first-order chi connectivity index (χ1) is 17.3. The molecule has 3 aromatic carbocycles. The molecule has 4 aromatic rings. The predicted octanol–water partition coefficient (Wildman–Crippen LogP) is 5.61. The minimum atomic E-state index is -4.02. The van der Waals surface area contributed by atoms with E-state index in [4.69, 9.17) is 26.2 Å². The van der Waals surface area contributed by atoms with Crippen molar-refractivity contribution in [2.24, 2.45) is 0 Å². The predicted molar refractivity (Wildman–Crippen MR) is 139 cm³/mol. The Hall–Kier alpha value is -4.06. The van der Waals surface area contributed by atoms with Crippen molar-refractivity contribution in [3.05, 3.63) is 100 Å². The second-order valence-corrected chi connectivity index (χ2v) is 10.1. The maximum absolute atomic E-state index is 13.2. The first-order valence-electron chi connectivity index (χ1n) is 10.8. The number of benzene rings is 3. The smallest absolute Gasteiger partial charge is 0.216 e. The Balaban J connectivity index is 1.85. The van der Waals surface area contributed by atoms with Gasteiger partial charge in [0.1, 0.15) is 11.0 Å². The van der Waals surface area contributed by atoms with Gasteiger partial charge >= 0.3 is 0 Å². The molecule has 0 saturated carbocycles. The van der Waals surface area contributed by atoms with E-state index < -0.39 is 9.84 Å². The van der Waals surface area contributed by atoms with Crippen LogP contribution in [-0.2, 0) is 16.4 Å². The third-order valence-corrected chi connectivity index (χ3v) is 7.38. The molecule has 0 aliphatic heterocycles. The number of allylic oxidation sites excluding steroid dienone is 1. The fourth-order valence-corrected chi connectivity index (χ4v) is 4.94. The van der Waals surface area contributed by atoms with Gasteiger partial charge in [0.25, 0.3) is 0 Å². The molecule has 1 heterocycles. The van der Waals surface area contributed by atoms with E-state index in [0.29, 0.717) is 39.9 Å². The number of ether oxygens (including phenoxy) is 2. The minimum absolute atomic E-state index is 0.0408. The van der Waals surface area contributed by atoms with Gasteiger partial charge in [0.05, 0.1) is 31.4 Å². The molecule has 0 unspecified atom stereocenters. The highest BCUT2D eigenvalue weighted by Gasteiger charge is 2.22. The summed E-state index contributed by atoms with van der Waals surface area (Å²) in [5.41, 5.74) is 2.57. The van der Waals surface area contributed by atoms with Gasteiger partial charge in [-0.15, -0.1) is 0 Å². The van der Waals surface area contributed by atoms with Crippen LogP contribution in [0.15, 0.2) is 88.8 Å². The summed E-state index contributed by atoms with van der Waals surface area (Å²) in [4.78, 5) is -0.347. The number of sulfone groups is 1. The fourth-order valence-electron chi connectivity index (χ4n) is 3.65. The van der Waals surface area contributed by atoms with Gasteiger partial charge in [-0.2, -0.15) is 10.4 Å². The van der Waals surface area contributed by atoms with Gasteiger partial charge in [0, 0.05) is 22.3 Å². The van der Waals surface area contributed by atoms with Crippen LogP contribution in [0.2, 0.25) is 5.02 Å².